The van der Waals surface area contributed by atoms with Gasteiger partial charge in [0.25, 0.3) is 0 Å². The first kappa shape index (κ1) is 11.2. The summed E-state index contributed by atoms with van der Waals surface area (Å²) in [5, 5.41) is 0. The highest BCUT2D eigenvalue weighted by Crippen LogP contribution is 2.04. The molecular weight excluding hydrogens is 182 g/mol. The van der Waals surface area contributed by atoms with Crippen LogP contribution in [0, 0.1) is 0 Å². The van der Waals surface area contributed by atoms with Crippen molar-refractivity contribution in [1.82, 2.24) is 4.90 Å². The lowest BCUT2D eigenvalue weighted by Gasteiger charge is -2.26. The van der Waals surface area contributed by atoms with Crippen molar-refractivity contribution in [2.24, 2.45) is 0 Å². The van der Waals surface area contributed by atoms with Crippen molar-refractivity contribution in [2.45, 2.75) is 26.2 Å². The zero-order chi connectivity index (χ0) is 10.4. The summed E-state index contributed by atoms with van der Waals surface area (Å²) in [7, 11) is 0. The maximum atomic E-state index is 11.5. The normalized spacial score (nSPS) is 16.8. The lowest BCUT2D eigenvalue weighted by Crippen LogP contribution is -2.40. The van der Waals surface area contributed by atoms with E-state index in [-0.39, 0.29) is 11.7 Å². The molecule has 1 amide bonds. The number of morpholine rings is 1. The van der Waals surface area contributed by atoms with Crippen LogP contribution in [-0.4, -0.2) is 42.9 Å². The summed E-state index contributed by atoms with van der Waals surface area (Å²) in [6, 6.07) is 0. The fourth-order valence-corrected chi connectivity index (χ4v) is 1.46. The Morgan fingerprint density at radius 3 is 2.43 bits per heavy atom. The topological polar surface area (TPSA) is 46.6 Å². The maximum Gasteiger partial charge on any atom is 0.222 e. The first-order valence-corrected chi connectivity index (χ1v) is 5.05. The van der Waals surface area contributed by atoms with Crippen LogP contribution in [-0.2, 0) is 14.3 Å². The Hall–Kier alpha value is -0.900. The van der Waals surface area contributed by atoms with Gasteiger partial charge in [-0.25, -0.2) is 0 Å². The van der Waals surface area contributed by atoms with Crippen LogP contribution < -0.4 is 0 Å². The Morgan fingerprint density at radius 2 is 1.86 bits per heavy atom. The third kappa shape index (κ3) is 3.87. The van der Waals surface area contributed by atoms with Gasteiger partial charge < -0.3 is 14.4 Å². The molecule has 0 aromatic carbocycles. The molecule has 1 heterocycles. The molecule has 80 valence electrons. The van der Waals surface area contributed by atoms with Crippen LogP contribution in [0.5, 0.6) is 0 Å². The highest BCUT2D eigenvalue weighted by Gasteiger charge is 2.15. The number of nitrogens with zero attached hydrogens (tertiary/aromatic N) is 1. The first-order chi connectivity index (χ1) is 6.70. The van der Waals surface area contributed by atoms with E-state index in [1.807, 2.05) is 4.90 Å². The van der Waals surface area contributed by atoms with Gasteiger partial charge in [-0.1, -0.05) is 0 Å². The quantitative estimate of drug-likeness (QED) is 0.666. The predicted octanol–water partition coefficient (Wildman–Crippen LogP) is 0.605. The largest absolute Gasteiger partial charge is 0.378 e. The molecule has 4 heteroatoms. The van der Waals surface area contributed by atoms with Crippen molar-refractivity contribution in [3.63, 3.8) is 0 Å². The van der Waals surface area contributed by atoms with E-state index in [1.54, 1.807) is 6.92 Å². The predicted molar refractivity (Wildman–Crippen MR) is 51.9 cm³/mol. The second kappa shape index (κ2) is 5.75. The van der Waals surface area contributed by atoms with E-state index in [9.17, 15) is 9.59 Å². The van der Waals surface area contributed by atoms with Crippen LogP contribution in [0.1, 0.15) is 26.2 Å². The minimum atomic E-state index is 0.148. The second-order valence-corrected chi connectivity index (χ2v) is 3.55. The van der Waals surface area contributed by atoms with Gasteiger partial charge in [-0.05, 0) is 13.3 Å². The Bertz CT molecular complexity index is 209. The second-order valence-electron chi connectivity index (χ2n) is 3.55. The fraction of sp³-hybridized carbons (Fsp3) is 0.800. The van der Waals surface area contributed by atoms with Crippen LogP contribution in [0.2, 0.25) is 0 Å². The molecule has 4 nitrogen and oxygen atoms in total. The average molecular weight is 199 g/mol. The summed E-state index contributed by atoms with van der Waals surface area (Å²) in [5.41, 5.74) is 0. The zero-order valence-corrected chi connectivity index (χ0v) is 8.62. The fourth-order valence-electron chi connectivity index (χ4n) is 1.46. The van der Waals surface area contributed by atoms with Crippen molar-refractivity contribution in [3.8, 4) is 0 Å². The molecule has 0 saturated carbocycles. The highest BCUT2D eigenvalue weighted by atomic mass is 16.5. The van der Waals surface area contributed by atoms with Crippen LogP contribution in [0.3, 0.4) is 0 Å². The zero-order valence-electron chi connectivity index (χ0n) is 8.62. The van der Waals surface area contributed by atoms with Gasteiger partial charge in [0.2, 0.25) is 5.91 Å². The van der Waals surface area contributed by atoms with Crippen molar-refractivity contribution in [2.75, 3.05) is 26.3 Å². The number of rotatable bonds is 4. The van der Waals surface area contributed by atoms with Crippen molar-refractivity contribution >= 4 is 11.7 Å². The third-order valence-corrected chi connectivity index (χ3v) is 2.28. The van der Waals surface area contributed by atoms with Gasteiger partial charge in [-0.2, -0.15) is 0 Å². The molecule has 1 aliphatic heterocycles. The van der Waals surface area contributed by atoms with E-state index < -0.39 is 0 Å². The number of carbonyl (C=O) groups is 2. The van der Waals surface area contributed by atoms with Gasteiger partial charge >= 0.3 is 0 Å². The minimum absolute atomic E-state index is 0.148. The monoisotopic (exact) mass is 199 g/mol. The third-order valence-electron chi connectivity index (χ3n) is 2.28. The lowest BCUT2D eigenvalue weighted by atomic mass is 10.2. The molecule has 14 heavy (non-hydrogen) atoms. The van der Waals surface area contributed by atoms with E-state index >= 15 is 0 Å². The van der Waals surface area contributed by atoms with Gasteiger partial charge in [-0.3, -0.25) is 4.79 Å². The summed E-state index contributed by atoms with van der Waals surface area (Å²) in [6.07, 6.45) is 1.67. The molecule has 1 fully saturated rings. The van der Waals surface area contributed by atoms with E-state index in [2.05, 4.69) is 0 Å². The van der Waals surface area contributed by atoms with Crippen molar-refractivity contribution in [1.29, 1.82) is 0 Å². The summed E-state index contributed by atoms with van der Waals surface area (Å²) in [5.74, 6) is 0.300. The molecular formula is C10H17NO3. The summed E-state index contributed by atoms with van der Waals surface area (Å²) >= 11 is 0. The van der Waals surface area contributed by atoms with E-state index in [1.165, 1.54) is 0 Å². The van der Waals surface area contributed by atoms with Gasteiger partial charge in [0, 0.05) is 25.9 Å². The number of ketones is 1. The lowest BCUT2D eigenvalue weighted by molar-refractivity contribution is -0.135. The molecule has 0 aliphatic carbocycles. The Labute approximate surface area is 84.2 Å². The average Bonchev–Trinajstić information content (AvgIpc) is 2.18. The van der Waals surface area contributed by atoms with E-state index in [0.717, 1.165) is 0 Å². The molecule has 1 aliphatic rings. The Balaban J connectivity index is 2.16. The number of carbonyl (C=O) groups excluding carboxylic acids is 2. The van der Waals surface area contributed by atoms with Crippen LogP contribution >= 0.6 is 0 Å². The highest BCUT2D eigenvalue weighted by molar-refractivity contribution is 5.78. The molecule has 0 aromatic heterocycles. The van der Waals surface area contributed by atoms with Crippen molar-refractivity contribution in [3.05, 3.63) is 0 Å². The van der Waals surface area contributed by atoms with Gasteiger partial charge in [0.1, 0.15) is 5.78 Å². The summed E-state index contributed by atoms with van der Waals surface area (Å²) in [4.78, 5) is 24.0. The molecule has 0 unspecified atom stereocenters. The number of amides is 1. The van der Waals surface area contributed by atoms with Crippen molar-refractivity contribution < 1.29 is 14.3 Å². The summed E-state index contributed by atoms with van der Waals surface area (Å²) in [6.45, 7) is 4.22. The molecule has 1 saturated heterocycles. The van der Waals surface area contributed by atoms with Gasteiger partial charge in [-0.15, -0.1) is 0 Å². The van der Waals surface area contributed by atoms with E-state index in [0.29, 0.717) is 45.6 Å². The van der Waals surface area contributed by atoms with E-state index in [4.69, 9.17) is 4.74 Å². The van der Waals surface area contributed by atoms with Crippen LogP contribution in [0.15, 0.2) is 0 Å². The minimum Gasteiger partial charge on any atom is -0.378 e. The number of hydrogen-bond donors (Lipinski definition) is 0. The SMILES string of the molecule is CC(=O)CCCC(=O)N1CCOCC1. The standard InChI is InChI=1S/C10H17NO3/c1-9(12)3-2-4-10(13)11-5-7-14-8-6-11/h2-8H2,1H3. The molecule has 0 bridgehead atoms. The maximum absolute atomic E-state index is 11.5. The molecule has 0 atom stereocenters. The smallest absolute Gasteiger partial charge is 0.222 e. The van der Waals surface area contributed by atoms with Crippen LogP contribution in [0.25, 0.3) is 0 Å². The molecule has 1 rings (SSSR count). The van der Waals surface area contributed by atoms with Crippen LogP contribution in [0.4, 0.5) is 0 Å². The molecule has 0 radical (unpaired) electrons. The Kier molecular flexibility index (Phi) is 4.59. The summed E-state index contributed by atoms with van der Waals surface area (Å²) < 4.78 is 5.14. The molecule has 0 spiro atoms. The molecule has 0 N–H and O–H groups in total. The number of hydrogen-bond acceptors (Lipinski definition) is 3. The van der Waals surface area contributed by atoms with Gasteiger partial charge in [0.15, 0.2) is 0 Å². The molecule has 0 aromatic rings. The Morgan fingerprint density at radius 1 is 1.21 bits per heavy atom. The van der Waals surface area contributed by atoms with Gasteiger partial charge in [0.05, 0.1) is 13.2 Å². The number of Topliss-reactive ketones (excluding diaryl/α,β-unsaturated/α-hetero) is 1. The first-order valence-electron chi connectivity index (χ1n) is 5.05. The number of ether oxygens (including phenoxy) is 1.